The van der Waals surface area contributed by atoms with Crippen LogP contribution in [0.15, 0.2) is 42.6 Å². The van der Waals surface area contributed by atoms with E-state index in [-0.39, 0.29) is 23.1 Å². The number of nitrogens with two attached hydrogens (primary N) is 1. The van der Waals surface area contributed by atoms with Crippen molar-refractivity contribution in [2.45, 2.75) is 53.5 Å². The summed E-state index contributed by atoms with van der Waals surface area (Å²) in [6.45, 7) is 11.6. The first-order chi connectivity index (χ1) is 20.0. The number of primary amides is 1. The van der Waals surface area contributed by atoms with Crippen LogP contribution in [0.25, 0.3) is 16.9 Å². The van der Waals surface area contributed by atoms with Crippen molar-refractivity contribution in [2.75, 3.05) is 23.4 Å². The van der Waals surface area contributed by atoms with E-state index in [9.17, 15) is 4.79 Å². The number of fused-ring (bicyclic) bond motifs is 1. The van der Waals surface area contributed by atoms with E-state index in [0.717, 1.165) is 40.6 Å². The molecule has 220 valence electrons. The number of carbonyl (C=O) groups excluding carboxylic acids is 1. The molecule has 2 amide bonds. The first kappa shape index (κ1) is 29.0. The van der Waals surface area contributed by atoms with Gasteiger partial charge in [-0.25, -0.2) is 28.2 Å². The van der Waals surface area contributed by atoms with Crippen LogP contribution in [0.5, 0.6) is 5.75 Å². The van der Waals surface area contributed by atoms with Crippen molar-refractivity contribution in [2.24, 2.45) is 11.7 Å². The summed E-state index contributed by atoms with van der Waals surface area (Å²) >= 11 is 0. The molecule has 0 radical (unpaired) electrons. The number of nitrogens with zero attached hydrogens (tertiary/aromatic N) is 5. The zero-order valence-electron chi connectivity index (χ0n) is 24.4. The molecule has 4 aromatic rings. The van der Waals surface area contributed by atoms with Crippen LogP contribution in [0.2, 0.25) is 0 Å². The average molecular weight is 576 g/mol. The number of nitrogens with one attached hydrogen (secondary N) is 1. The first-order valence-electron chi connectivity index (χ1n) is 14.0. The molecule has 3 heterocycles. The third kappa shape index (κ3) is 5.77. The lowest BCUT2D eigenvalue weighted by molar-refractivity contribution is 0.259. The Morgan fingerprint density at radius 3 is 2.64 bits per heavy atom. The highest BCUT2D eigenvalue weighted by molar-refractivity contribution is 5.88. The predicted molar refractivity (Wildman–Crippen MR) is 158 cm³/mol. The van der Waals surface area contributed by atoms with E-state index < -0.39 is 17.7 Å². The van der Waals surface area contributed by atoms with E-state index in [1.807, 2.05) is 45.0 Å². The molecule has 2 aromatic carbocycles. The third-order valence-corrected chi connectivity index (χ3v) is 7.09. The molecule has 11 heteroatoms. The number of carbonyl (C=O) groups is 1. The zero-order valence-corrected chi connectivity index (χ0v) is 24.4. The van der Waals surface area contributed by atoms with E-state index in [2.05, 4.69) is 29.0 Å². The van der Waals surface area contributed by atoms with Crippen molar-refractivity contribution < 1.29 is 18.3 Å². The normalized spacial score (nSPS) is 13.0. The highest BCUT2D eigenvalue weighted by atomic mass is 19.1. The van der Waals surface area contributed by atoms with Gasteiger partial charge in [0.1, 0.15) is 34.7 Å². The number of ether oxygens (including phenoxy) is 1. The van der Waals surface area contributed by atoms with Crippen molar-refractivity contribution in [1.29, 1.82) is 0 Å². The predicted octanol–water partition coefficient (Wildman–Crippen LogP) is 6.13. The molecule has 0 fully saturated rings. The van der Waals surface area contributed by atoms with Gasteiger partial charge in [-0.15, -0.1) is 0 Å². The number of para-hydroxylation sites is 1. The molecule has 0 saturated carbocycles. The summed E-state index contributed by atoms with van der Waals surface area (Å²) in [7, 11) is 0. The van der Waals surface area contributed by atoms with Crippen LogP contribution in [0, 0.1) is 24.5 Å². The Kier molecular flexibility index (Phi) is 8.11. The van der Waals surface area contributed by atoms with Crippen LogP contribution in [0.1, 0.15) is 56.3 Å². The number of benzene rings is 2. The molecular formula is C31H35F2N7O2. The Morgan fingerprint density at radius 2 is 1.93 bits per heavy atom. The highest BCUT2D eigenvalue weighted by Gasteiger charge is 2.30. The SMILES string of the molecule is Cc1cccc(OCC(C)C)c1-n1nc2c(c1-c1cc(F)c(NC(N)=O)cc1F)CN(c1ccnc(C(C)C)n1)CC2. The smallest absolute Gasteiger partial charge is 0.316 e. The summed E-state index contributed by atoms with van der Waals surface area (Å²) in [4.78, 5) is 22.6. The van der Waals surface area contributed by atoms with Crippen molar-refractivity contribution in [3.05, 3.63) is 76.9 Å². The maximum Gasteiger partial charge on any atom is 0.316 e. The molecule has 9 nitrogen and oxygen atoms in total. The molecule has 0 unspecified atom stereocenters. The summed E-state index contributed by atoms with van der Waals surface area (Å²) in [5, 5.41) is 7.10. The summed E-state index contributed by atoms with van der Waals surface area (Å²) < 4.78 is 39.0. The number of aryl methyl sites for hydroxylation is 1. The number of rotatable bonds is 8. The van der Waals surface area contributed by atoms with Gasteiger partial charge in [0.2, 0.25) is 0 Å². The fourth-order valence-corrected chi connectivity index (χ4v) is 5.06. The van der Waals surface area contributed by atoms with Crippen LogP contribution in [-0.4, -0.2) is 38.9 Å². The molecule has 0 atom stereocenters. The van der Waals surface area contributed by atoms with Crippen molar-refractivity contribution in [1.82, 2.24) is 19.7 Å². The number of halogens is 2. The maximum atomic E-state index is 15.9. The van der Waals surface area contributed by atoms with Gasteiger partial charge in [-0.05, 0) is 36.6 Å². The second kappa shape index (κ2) is 11.8. The second-order valence-electron chi connectivity index (χ2n) is 11.2. The number of urea groups is 1. The van der Waals surface area contributed by atoms with Crippen molar-refractivity contribution >= 4 is 17.5 Å². The summed E-state index contributed by atoms with van der Waals surface area (Å²) in [6, 6.07) is 8.55. The lowest BCUT2D eigenvalue weighted by Gasteiger charge is -2.28. The Morgan fingerprint density at radius 1 is 1.14 bits per heavy atom. The van der Waals surface area contributed by atoms with E-state index >= 15 is 8.78 Å². The van der Waals surface area contributed by atoms with Crippen LogP contribution >= 0.6 is 0 Å². The minimum absolute atomic E-state index is 0.00161. The standard InChI is InChI=1S/C31H35F2N7O2/c1-17(2)16-42-26-8-6-7-19(5)28(26)40-29(20-13-23(33)25(14-22(20)32)36-31(34)41)21-15-39(12-10-24(21)38-40)27-9-11-35-30(37-27)18(3)4/h6-9,11,13-14,17-18H,10,12,15-16H2,1-5H3,(H3,34,36,41). The lowest BCUT2D eigenvalue weighted by atomic mass is 9.99. The summed E-state index contributed by atoms with van der Waals surface area (Å²) in [6.07, 6.45) is 2.30. The molecule has 0 aliphatic carbocycles. The van der Waals surface area contributed by atoms with Crippen molar-refractivity contribution in [3.63, 3.8) is 0 Å². The van der Waals surface area contributed by atoms with Gasteiger partial charge in [-0.1, -0.05) is 39.8 Å². The van der Waals surface area contributed by atoms with Gasteiger partial charge in [-0.3, -0.25) is 0 Å². The largest absolute Gasteiger partial charge is 0.491 e. The number of amides is 2. The Labute approximate surface area is 243 Å². The van der Waals surface area contributed by atoms with E-state index in [1.54, 1.807) is 10.9 Å². The average Bonchev–Trinajstić information content (AvgIpc) is 3.31. The van der Waals surface area contributed by atoms with Crippen LogP contribution in [0.4, 0.5) is 25.1 Å². The minimum Gasteiger partial charge on any atom is -0.491 e. The zero-order chi connectivity index (χ0) is 30.1. The van der Waals surface area contributed by atoms with Gasteiger partial charge in [-0.2, -0.15) is 5.10 Å². The molecule has 2 aromatic heterocycles. The maximum absolute atomic E-state index is 15.9. The number of anilines is 2. The molecule has 1 aliphatic heterocycles. The van der Waals surface area contributed by atoms with Gasteiger partial charge >= 0.3 is 6.03 Å². The fourth-order valence-electron chi connectivity index (χ4n) is 5.06. The third-order valence-electron chi connectivity index (χ3n) is 7.09. The summed E-state index contributed by atoms with van der Waals surface area (Å²) in [5.74, 6) is 0.943. The highest BCUT2D eigenvalue weighted by Crippen LogP contribution is 2.39. The second-order valence-corrected chi connectivity index (χ2v) is 11.2. The topological polar surface area (TPSA) is 111 Å². The minimum atomic E-state index is -0.989. The molecule has 0 bridgehead atoms. The lowest BCUT2D eigenvalue weighted by Crippen LogP contribution is -2.31. The van der Waals surface area contributed by atoms with E-state index in [4.69, 9.17) is 20.6 Å². The quantitative estimate of drug-likeness (QED) is 0.262. The molecule has 42 heavy (non-hydrogen) atoms. The van der Waals surface area contributed by atoms with Gasteiger partial charge < -0.3 is 20.7 Å². The van der Waals surface area contributed by atoms with E-state index in [1.165, 1.54) is 0 Å². The number of aromatic nitrogens is 4. The molecule has 3 N–H and O–H groups in total. The van der Waals surface area contributed by atoms with Crippen LogP contribution in [-0.2, 0) is 13.0 Å². The summed E-state index contributed by atoms with van der Waals surface area (Å²) in [5.41, 5.74) is 8.26. The molecule has 5 rings (SSSR count). The van der Waals surface area contributed by atoms with Gasteiger partial charge in [0.15, 0.2) is 0 Å². The van der Waals surface area contributed by atoms with Gasteiger partial charge in [0, 0.05) is 48.8 Å². The Bertz CT molecular complexity index is 1630. The number of hydrogen-bond donors (Lipinski definition) is 2. The van der Waals surface area contributed by atoms with E-state index in [0.29, 0.717) is 43.2 Å². The van der Waals surface area contributed by atoms with Gasteiger partial charge in [0.25, 0.3) is 0 Å². The van der Waals surface area contributed by atoms with Crippen molar-refractivity contribution in [3.8, 4) is 22.7 Å². The molecule has 0 spiro atoms. The molecule has 1 aliphatic rings. The Hall–Kier alpha value is -4.54. The monoisotopic (exact) mass is 575 g/mol. The fraction of sp³-hybridized carbons (Fsp3) is 0.355. The Balaban J connectivity index is 1.70. The van der Waals surface area contributed by atoms with Gasteiger partial charge in [0.05, 0.1) is 23.7 Å². The van der Waals surface area contributed by atoms with Crippen LogP contribution < -0.4 is 20.7 Å². The molecular weight excluding hydrogens is 540 g/mol. The number of hydrogen-bond acceptors (Lipinski definition) is 6. The first-order valence-corrected chi connectivity index (χ1v) is 14.0. The molecule has 0 saturated heterocycles. The van der Waals surface area contributed by atoms with Crippen LogP contribution in [0.3, 0.4) is 0 Å².